The van der Waals surface area contributed by atoms with Crippen LogP contribution >= 0.6 is 11.3 Å². The summed E-state index contributed by atoms with van der Waals surface area (Å²) in [6.07, 6.45) is 4.42. The van der Waals surface area contributed by atoms with E-state index in [0.717, 1.165) is 0 Å². The first-order chi connectivity index (χ1) is 9.58. The summed E-state index contributed by atoms with van der Waals surface area (Å²) in [6, 6.07) is 6.22. The molecule has 1 aromatic heterocycles. The average Bonchev–Trinajstić information content (AvgIpc) is 2.82. The van der Waals surface area contributed by atoms with Crippen LogP contribution in [0.15, 0.2) is 46.9 Å². The summed E-state index contributed by atoms with van der Waals surface area (Å²) in [6.45, 7) is 0. The van der Waals surface area contributed by atoms with Crippen molar-refractivity contribution in [3.63, 3.8) is 0 Å². The lowest BCUT2D eigenvalue weighted by Crippen LogP contribution is -2.11. The lowest BCUT2D eigenvalue weighted by Gasteiger charge is -1.95. The molecular formula is C13H11N3O3S. The van der Waals surface area contributed by atoms with Crippen molar-refractivity contribution >= 4 is 29.0 Å². The van der Waals surface area contributed by atoms with Crippen molar-refractivity contribution in [2.45, 2.75) is 0 Å². The van der Waals surface area contributed by atoms with Crippen LogP contribution in [0.2, 0.25) is 0 Å². The van der Waals surface area contributed by atoms with Crippen molar-refractivity contribution in [2.75, 3.05) is 0 Å². The molecule has 6 nitrogen and oxygen atoms in total. The molecule has 7 heteroatoms. The van der Waals surface area contributed by atoms with E-state index in [1.54, 1.807) is 36.0 Å². The molecule has 2 aromatic rings. The molecule has 0 aliphatic carbocycles. The number of aryl methyl sites for hydroxylation is 1. The minimum Gasteiger partial charge on any atom is -0.327 e. The van der Waals surface area contributed by atoms with Gasteiger partial charge < -0.3 is 4.57 Å². The Kier molecular flexibility index (Phi) is 4.21. The van der Waals surface area contributed by atoms with E-state index in [9.17, 15) is 14.9 Å². The Labute approximate surface area is 118 Å². The Bertz CT molecular complexity index is 743. The molecule has 0 saturated heterocycles. The predicted octanol–water partition coefficient (Wildman–Crippen LogP) is 2.14. The minimum atomic E-state index is -0.486. The number of nitrogens with zero attached hydrogens (tertiary/aromatic N) is 3. The summed E-state index contributed by atoms with van der Waals surface area (Å²) in [4.78, 5) is 26.5. The van der Waals surface area contributed by atoms with Crippen molar-refractivity contribution in [1.29, 1.82) is 0 Å². The van der Waals surface area contributed by atoms with E-state index >= 15 is 0 Å². The van der Waals surface area contributed by atoms with Crippen molar-refractivity contribution in [1.82, 2.24) is 4.57 Å². The van der Waals surface area contributed by atoms with Gasteiger partial charge in [-0.1, -0.05) is 12.1 Å². The number of carbonyl (C=O) groups excluding carboxylic acids is 1. The average molecular weight is 289 g/mol. The topological polar surface area (TPSA) is 77.5 Å². The van der Waals surface area contributed by atoms with Crippen LogP contribution in [0.4, 0.5) is 5.69 Å². The van der Waals surface area contributed by atoms with E-state index in [0.29, 0.717) is 10.4 Å². The maximum Gasteiger partial charge on any atom is 0.276 e. The highest BCUT2D eigenvalue weighted by atomic mass is 32.1. The van der Waals surface area contributed by atoms with Crippen LogP contribution in [0.3, 0.4) is 0 Å². The number of aromatic nitrogens is 1. The van der Waals surface area contributed by atoms with Crippen LogP contribution in [0.5, 0.6) is 0 Å². The molecule has 2 rings (SSSR count). The van der Waals surface area contributed by atoms with Gasteiger partial charge >= 0.3 is 0 Å². The van der Waals surface area contributed by atoms with Gasteiger partial charge in [-0.05, 0) is 12.1 Å². The molecule has 20 heavy (non-hydrogen) atoms. The van der Waals surface area contributed by atoms with Crippen LogP contribution in [0.1, 0.15) is 5.56 Å². The molecule has 0 aliphatic rings. The fourth-order valence-electron chi connectivity index (χ4n) is 1.52. The largest absolute Gasteiger partial charge is 0.327 e. The van der Waals surface area contributed by atoms with Crippen LogP contribution < -0.4 is 4.80 Å². The SMILES string of the molecule is Cn1ccsc1=NC(=O)/C=C/c1ccccc1[N+](=O)[O-]. The Balaban J connectivity index is 2.25. The standard InChI is InChI=1S/C13H11N3O3S/c1-15-8-9-20-13(15)14-12(17)7-6-10-4-2-3-5-11(10)16(18)19/h2-9H,1H3/b7-6+,14-13?. The number of nitro groups is 1. The Morgan fingerprint density at radius 2 is 2.20 bits per heavy atom. The molecule has 0 radical (unpaired) electrons. The monoisotopic (exact) mass is 289 g/mol. The van der Waals surface area contributed by atoms with Gasteiger partial charge in [-0.25, -0.2) is 0 Å². The number of hydrogen-bond donors (Lipinski definition) is 0. The summed E-state index contributed by atoms with van der Waals surface area (Å²) < 4.78 is 1.72. The van der Waals surface area contributed by atoms with Gasteiger partial charge in [0.25, 0.3) is 11.6 Å². The molecule has 1 heterocycles. The van der Waals surface area contributed by atoms with Crippen LogP contribution in [-0.4, -0.2) is 15.4 Å². The summed E-state index contributed by atoms with van der Waals surface area (Å²) in [5, 5.41) is 12.6. The van der Waals surface area contributed by atoms with Crippen LogP contribution in [0, 0.1) is 10.1 Å². The first kappa shape index (κ1) is 13.9. The molecule has 1 aromatic carbocycles. The van der Waals surface area contributed by atoms with E-state index in [1.165, 1.54) is 29.6 Å². The number of thiazole rings is 1. The molecule has 0 fully saturated rings. The zero-order valence-corrected chi connectivity index (χ0v) is 11.4. The van der Waals surface area contributed by atoms with Crippen LogP contribution in [-0.2, 0) is 11.8 Å². The second-order valence-corrected chi connectivity index (χ2v) is 4.77. The summed E-state index contributed by atoms with van der Waals surface area (Å²) >= 11 is 1.34. The quantitative estimate of drug-likeness (QED) is 0.493. The second-order valence-electron chi connectivity index (χ2n) is 3.90. The Morgan fingerprint density at radius 3 is 2.85 bits per heavy atom. The van der Waals surface area contributed by atoms with Gasteiger partial charge in [0, 0.05) is 30.8 Å². The zero-order valence-electron chi connectivity index (χ0n) is 10.6. The van der Waals surface area contributed by atoms with E-state index < -0.39 is 10.8 Å². The first-order valence-electron chi connectivity index (χ1n) is 5.68. The third-order valence-corrected chi connectivity index (χ3v) is 3.35. The molecule has 0 saturated carbocycles. The van der Waals surface area contributed by atoms with Gasteiger partial charge in [0.05, 0.1) is 10.5 Å². The molecule has 0 aliphatic heterocycles. The minimum absolute atomic E-state index is 0.0433. The summed E-state index contributed by atoms with van der Waals surface area (Å²) in [5.74, 6) is -0.457. The molecule has 0 spiro atoms. The van der Waals surface area contributed by atoms with E-state index in [2.05, 4.69) is 4.99 Å². The van der Waals surface area contributed by atoms with Crippen molar-refractivity contribution < 1.29 is 9.72 Å². The molecular weight excluding hydrogens is 278 g/mol. The van der Waals surface area contributed by atoms with Gasteiger partial charge in [0.15, 0.2) is 4.80 Å². The van der Waals surface area contributed by atoms with E-state index in [-0.39, 0.29) is 5.69 Å². The number of rotatable bonds is 3. The fourth-order valence-corrected chi connectivity index (χ4v) is 2.26. The fraction of sp³-hybridized carbons (Fsp3) is 0.0769. The lowest BCUT2D eigenvalue weighted by atomic mass is 10.1. The predicted molar refractivity (Wildman–Crippen MR) is 76.0 cm³/mol. The van der Waals surface area contributed by atoms with Crippen molar-refractivity contribution in [3.05, 3.63) is 62.4 Å². The normalized spacial score (nSPS) is 11.9. The lowest BCUT2D eigenvalue weighted by molar-refractivity contribution is -0.385. The molecule has 0 bridgehead atoms. The number of benzene rings is 1. The third-order valence-electron chi connectivity index (χ3n) is 2.50. The highest BCUT2D eigenvalue weighted by Crippen LogP contribution is 2.18. The van der Waals surface area contributed by atoms with Gasteiger partial charge in [-0.15, -0.1) is 11.3 Å². The maximum atomic E-state index is 11.7. The zero-order chi connectivity index (χ0) is 14.5. The summed E-state index contributed by atoms with van der Waals surface area (Å²) in [7, 11) is 1.79. The Morgan fingerprint density at radius 1 is 1.45 bits per heavy atom. The third kappa shape index (κ3) is 3.27. The van der Waals surface area contributed by atoms with Gasteiger partial charge in [0.1, 0.15) is 0 Å². The number of hydrogen-bond acceptors (Lipinski definition) is 4. The number of carbonyl (C=O) groups is 1. The second kappa shape index (κ2) is 6.07. The van der Waals surface area contributed by atoms with Gasteiger partial charge in [-0.3, -0.25) is 14.9 Å². The van der Waals surface area contributed by atoms with Crippen molar-refractivity contribution in [2.24, 2.45) is 12.0 Å². The number of amides is 1. The van der Waals surface area contributed by atoms with E-state index in [1.807, 2.05) is 5.38 Å². The number of nitro benzene ring substituents is 1. The summed E-state index contributed by atoms with van der Waals surface area (Å²) in [5.41, 5.74) is 0.329. The maximum absolute atomic E-state index is 11.7. The molecule has 102 valence electrons. The van der Waals surface area contributed by atoms with E-state index in [4.69, 9.17) is 0 Å². The molecule has 0 atom stereocenters. The molecule has 0 N–H and O–H groups in total. The van der Waals surface area contributed by atoms with Crippen LogP contribution in [0.25, 0.3) is 6.08 Å². The smallest absolute Gasteiger partial charge is 0.276 e. The van der Waals surface area contributed by atoms with Gasteiger partial charge in [0.2, 0.25) is 0 Å². The first-order valence-corrected chi connectivity index (χ1v) is 6.56. The highest BCUT2D eigenvalue weighted by molar-refractivity contribution is 7.07. The van der Waals surface area contributed by atoms with Crippen molar-refractivity contribution in [3.8, 4) is 0 Å². The molecule has 0 unspecified atom stereocenters. The Hall–Kier alpha value is -2.54. The molecule has 1 amide bonds. The number of para-hydroxylation sites is 1. The van der Waals surface area contributed by atoms with Gasteiger partial charge in [-0.2, -0.15) is 4.99 Å². The highest BCUT2D eigenvalue weighted by Gasteiger charge is 2.09.